The van der Waals surface area contributed by atoms with Gasteiger partial charge in [-0.2, -0.15) is 0 Å². The Balaban J connectivity index is 1.90. The van der Waals surface area contributed by atoms with E-state index in [1.165, 1.54) is 7.11 Å². The molecule has 0 saturated heterocycles. The molecule has 0 saturated carbocycles. The number of nitrogens with one attached hydrogen (secondary N) is 1. The molecular formula is C31H35F2NO4. The van der Waals surface area contributed by atoms with Gasteiger partial charge >= 0.3 is 5.97 Å². The first-order valence-electron chi connectivity index (χ1n) is 12.7. The van der Waals surface area contributed by atoms with Crippen LogP contribution in [0.3, 0.4) is 0 Å². The first-order valence-corrected chi connectivity index (χ1v) is 12.7. The molecule has 0 radical (unpaired) electrons. The number of methoxy groups -OCH3 is 1. The van der Waals surface area contributed by atoms with Crippen molar-refractivity contribution in [1.82, 2.24) is 5.32 Å². The number of hydrogen-bond acceptors (Lipinski definition) is 4. The largest absolute Gasteiger partial charge is 0.486 e. The van der Waals surface area contributed by atoms with Gasteiger partial charge in [-0.1, -0.05) is 55.3 Å². The number of halogens is 2. The van der Waals surface area contributed by atoms with E-state index in [1.54, 1.807) is 18.2 Å². The summed E-state index contributed by atoms with van der Waals surface area (Å²) in [7, 11) is 1.32. The Morgan fingerprint density at radius 3 is 2.32 bits per heavy atom. The molecule has 38 heavy (non-hydrogen) atoms. The van der Waals surface area contributed by atoms with E-state index in [-0.39, 0.29) is 36.7 Å². The standard InChI is InChI=1S/C31H35F2NO4/c1-19(2)12-28(24-14-20(3)13-21(4)15-24)34-31(36)26-16-22(6-7-23(26)8-11-30(35)37-5)18-38-29-17-25(32)9-10-27(29)33/h6-7,9-10,13-17,19,28H,8,11-12,18H2,1-5H3,(H,34,36). The Bertz CT molecular complexity index is 1270. The number of ether oxygens (including phenoxy) is 2. The Kier molecular flexibility index (Phi) is 9.99. The van der Waals surface area contributed by atoms with Gasteiger partial charge in [-0.15, -0.1) is 0 Å². The number of amides is 1. The van der Waals surface area contributed by atoms with Crippen molar-refractivity contribution < 1.29 is 27.8 Å². The van der Waals surface area contributed by atoms with Crippen LogP contribution in [0, 0.1) is 31.4 Å². The average Bonchev–Trinajstić information content (AvgIpc) is 2.86. The second-order valence-electron chi connectivity index (χ2n) is 10.0. The van der Waals surface area contributed by atoms with Gasteiger partial charge in [-0.3, -0.25) is 9.59 Å². The van der Waals surface area contributed by atoms with E-state index in [0.717, 1.165) is 41.3 Å². The van der Waals surface area contributed by atoms with Crippen LogP contribution in [-0.2, 0) is 22.6 Å². The quantitative estimate of drug-likeness (QED) is 0.281. The third kappa shape index (κ3) is 8.13. The van der Waals surface area contributed by atoms with Crippen LogP contribution in [0.2, 0.25) is 0 Å². The molecule has 0 heterocycles. The molecule has 0 spiro atoms. The van der Waals surface area contributed by atoms with Crippen LogP contribution in [0.1, 0.15) is 70.9 Å². The zero-order valence-corrected chi connectivity index (χ0v) is 22.6. The SMILES string of the molecule is COC(=O)CCc1ccc(COc2cc(F)ccc2F)cc1C(=O)NC(CC(C)C)c1cc(C)cc(C)c1. The topological polar surface area (TPSA) is 64.6 Å². The van der Waals surface area contributed by atoms with E-state index in [9.17, 15) is 18.4 Å². The van der Waals surface area contributed by atoms with Gasteiger partial charge in [0.25, 0.3) is 5.91 Å². The minimum absolute atomic E-state index is 0.0650. The second-order valence-corrected chi connectivity index (χ2v) is 10.0. The predicted octanol–water partition coefficient (Wildman–Crippen LogP) is 6.78. The number of aryl methyl sites for hydroxylation is 3. The average molecular weight is 524 g/mol. The number of benzene rings is 3. The van der Waals surface area contributed by atoms with E-state index in [0.29, 0.717) is 29.0 Å². The van der Waals surface area contributed by atoms with Crippen molar-refractivity contribution >= 4 is 11.9 Å². The lowest BCUT2D eigenvalue weighted by Gasteiger charge is -2.23. The van der Waals surface area contributed by atoms with Crippen molar-refractivity contribution in [3.63, 3.8) is 0 Å². The van der Waals surface area contributed by atoms with Crippen LogP contribution < -0.4 is 10.1 Å². The molecule has 1 unspecified atom stereocenters. The number of carbonyl (C=O) groups excluding carboxylic acids is 2. The summed E-state index contributed by atoms with van der Waals surface area (Å²) in [5.74, 6) is -1.82. The van der Waals surface area contributed by atoms with E-state index in [2.05, 4.69) is 37.4 Å². The lowest BCUT2D eigenvalue weighted by Crippen LogP contribution is -2.30. The molecule has 3 rings (SSSR count). The van der Waals surface area contributed by atoms with Crippen LogP contribution in [0.5, 0.6) is 5.75 Å². The molecule has 7 heteroatoms. The molecule has 0 aliphatic rings. The maximum Gasteiger partial charge on any atom is 0.305 e. The Hall–Kier alpha value is -3.74. The van der Waals surface area contributed by atoms with Gasteiger partial charge < -0.3 is 14.8 Å². The molecule has 5 nitrogen and oxygen atoms in total. The van der Waals surface area contributed by atoms with Gasteiger partial charge in [0.05, 0.1) is 13.2 Å². The van der Waals surface area contributed by atoms with Crippen LogP contribution in [0.25, 0.3) is 0 Å². The first kappa shape index (κ1) is 28.8. The highest BCUT2D eigenvalue weighted by molar-refractivity contribution is 5.96. The summed E-state index contributed by atoms with van der Waals surface area (Å²) in [5, 5.41) is 3.19. The highest BCUT2D eigenvalue weighted by atomic mass is 19.1. The summed E-state index contributed by atoms with van der Waals surface area (Å²) in [4.78, 5) is 25.5. The summed E-state index contributed by atoms with van der Waals surface area (Å²) < 4.78 is 37.8. The van der Waals surface area contributed by atoms with Crippen molar-refractivity contribution in [1.29, 1.82) is 0 Å². The molecular weight excluding hydrogens is 488 g/mol. The molecule has 1 N–H and O–H groups in total. The monoisotopic (exact) mass is 523 g/mol. The minimum atomic E-state index is -0.677. The molecule has 0 fully saturated rings. The number of rotatable bonds is 11. The van der Waals surface area contributed by atoms with Crippen LogP contribution in [-0.4, -0.2) is 19.0 Å². The highest BCUT2D eigenvalue weighted by Crippen LogP contribution is 2.26. The number of hydrogen-bond donors (Lipinski definition) is 1. The fourth-order valence-corrected chi connectivity index (χ4v) is 4.43. The maximum atomic E-state index is 14.0. The summed E-state index contributed by atoms with van der Waals surface area (Å²) in [6, 6.07) is 14.2. The summed E-state index contributed by atoms with van der Waals surface area (Å²) >= 11 is 0. The van der Waals surface area contributed by atoms with E-state index >= 15 is 0 Å². The third-order valence-electron chi connectivity index (χ3n) is 6.19. The normalized spacial score (nSPS) is 11.8. The zero-order chi connectivity index (χ0) is 27.8. The second kappa shape index (κ2) is 13.2. The fourth-order valence-electron chi connectivity index (χ4n) is 4.43. The highest BCUT2D eigenvalue weighted by Gasteiger charge is 2.21. The fraction of sp³-hybridized carbons (Fsp3) is 0.355. The van der Waals surface area contributed by atoms with Gasteiger partial charge in [0.15, 0.2) is 11.6 Å². The van der Waals surface area contributed by atoms with E-state index in [1.807, 2.05) is 13.8 Å². The summed E-state index contributed by atoms with van der Waals surface area (Å²) in [5.41, 5.74) is 4.94. The molecule has 3 aromatic carbocycles. The van der Waals surface area contributed by atoms with Gasteiger partial charge in [-0.25, -0.2) is 8.78 Å². The van der Waals surface area contributed by atoms with Crippen molar-refractivity contribution in [2.75, 3.05) is 7.11 Å². The molecule has 1 amide bonds. The van der Waals surface area contributed by atoms with Crippen molar-refractivity contribution in [3.05, 3.63) is 99.6 Å². The van der Waals surface area contributed by atoms with E-state index < -0.39 is 11.6 Å². The first-order chi connectivity index (χ1) is 18.0. The molecule has 3 aromatic rings. The lowest BCUT2D eigenvalue weighted by molar-refractivity contribution is -0.140. The number of esters is 1. The molecule has 0 aromatic heterocycles. The molecule has 1 atom stereocenters. The van der Waals surface area contributed by atoms with Crippen molar-refractivity contribution in [2.24, 2.45) is 5.92 Å². The van der Waals surface area contributed by atoms with Gasteiger partial charge in [0.1, 0.15) is 12.4 Å². The van der Waals surface area contributed by atoms with E-state index in [4.69, 9.17) is 9.47 Å². The third-order valence-corrected chi connectivity index (χ3v) is 6.19. The molecule has 0 bridgehead atoms. The van der Waals surface area contributed by atoms with Gasteiger partial charge in [-0.05, 0) is 67.5 Å². The number of carbonyl (C=O) groups is 2. The minimum Gasteiger partial charge on any atom is -0.486 e. The smallest absolute Gasteiger partial charge is 0.305 e. The van der Waals surface area contributed by atoms with Crippen LogP contribution in [0.15, 0.2) is 54.6 Å². The van der Waals surface area contributed by atoms with Crippen LogP contribution >= 0.6 is 0 Å². The van der Waals surface area contributed by atoms with Crippen molar-refractivity contribution in [3.8, 4) is 5.75 Å². The molecule has 0 aliphatic carbocycles. The maximum absolute atomic E-state index is 14.0. The zero-order valence-electron chi connectivity index (χ0n) is 22.6. The lowest BCUT2D eigenvalue weighted by atomic mass is 9.93. The van der Waals surface area contributed by atoms with Gasteiger partial charge in [0, 0.05) is 18.1 Å². The Labute approximate surface area is 223 Å². The summed E-state index contributed by atoms with van der Waals surface area (Å²) in [6.07, 6.45) is 1.18. The summed E-state index contributed by atoms with van der Waals surface area (Å²) in [6.45, 7) is 8.20. The molecule has 0 aliphatic heterocycles. The predicted molar refractivity (Wildman–Crippen MR) is 143 cm³/mol. The Morgan fingerprint density at radius 2 is 1.66 bits per heavy atom. The molecule has 202 valence electrons. The Morgan fingerprint density at radius 1 is 0.947 bits per heavy atom. The van der Waals surface area contributed by atoms with Crippen molar-refractivity contribution in [2.45, 2.75) is 59.6 Å². The van der Waals surface area contributed by atoms with Crippen LogP contribution in [0.4, 0.5) is 8.78 Å². The van der Waals surface area contributed by atoms with Gasteiger partial charge in [0.2, 0.25) is 0 Å².